The average Bonchev–Trinajstić information content (AvgIpc) is 2.72. The van der Waals surface area contributed by atoms with E-state index in [9.17, 15) is 9.59 Å². The lowest BCUT2D eigenvalue weighted by atomic mass is 9.99. The van der Waals surface area contributed by atoms with Crippen LogP contribution < -0.4 is 10.9 Å². The molecule has 6 nitrogen and oxygen atoms in total. The first-order valence-corrected chi connectivity index (χ1v) is 10.7. The van der Waals surface area contributed by atoms with Gasteiger partial charge in [0.15, 0.2) is 5.78 Å². The Bertz CT molecular complexity index is 808. The lowest BCUT2D eigenvalue weighted by Gasteiger charge is -2.17. The summed E-state index contributed by atoms with van der Waals surface area (Å²) >= 11 is 3.37. The van der Waals surface area contributed by atoms with Crippen LogP contribution in [0.2, 0.25) is 0 Å². The quantitative estimate of drug-likeness (QED) is 0.525. The highest BCUT2D eigenvalue weighted by Gasteiger charge is 2.13. The maximum atomic E-state index is 12.5. The Morgan fingerprint density at radius 1 is 1.29 bits per heavy atom. The number of anilines is 1. The van der Waals surface area contributed by atoms with Gasteiger partial charge >= 0.3 is 0 Å². The minimum Gasteiger partial charge on any atom is -0.382 e. The first-order chi connectivity index (χ1) is 13.5. The fourth-order valence-electron chi connectivity index (χ4n) is 2.98. The van der Waals surface area contributed by atoms with E-state index in [-0.39, 0.29) is 17.9 Å². The first kappa shape index (κ1) is 22.3. The topological polar surface area (TPSA) is 76.9 Å². The summed E-state index contributed by atoms with van der Waals surface area (Å²) in [6, 6.07) is 3.78. The molecule has 7 heteroatoms. The van der Waals surface area contributed by atoms with Gasteiger partial charge in [-0.1, -0.05) is 33.1 Å². The summed E-state index contributed by atoms with van der Waals surface area (Å²) in [6.07, 6.45) is 10.7. The Labute approximate surface area is 174 Å². The molecule has 1 N–H and O–H groups in total. The number of hydrogen-bond donors (Lipinski definition) is 1. The second-order valence-corrected chi connectivity index (χ2v) is 7.82. The van der Waals surface area contributed by atoms with Crippen LogP contribution in [0.4, 0.5) is 5.69 Å². The number of Topliss-reactive ketones (excluding diaryl/α,β-unsaturated/α-hetero) is 1. The minimum absolute atomic E-state index is 0.0170. The molecule has 28 heavy (non-hydrogen) atoms. The first-order valence-electron chi connectivity index (χ1n) is 9.95. The number of rotatable bonds is 12. The smallest absolute Gasteiger partial charge is 0.283 e. The van der Waals surface area contributed by atoms with Crippen LogP contribution >= 0.6 is 15.9 Å². The van der Waals surface area contributed by atoms with Gasteiger partial charge in [-0.2, -0.15) is 5.10 Å². The largest absolute Gasteiger partial charge is 0.382 e. The lowest BCUT2D eigenvalue weighted by molar-refractivity contribution is -0.119. The molecule has 0 aliphatic carbocycles. The van der Waals surface area contributed by atoms with Gasteiger partial charge in [0, 0.05) is 25.4 Å². The predicted molar refractivity (Wildman–Crippen MR) is 116 cm³/mol. The van der Waals surface area contributed by atoms with Crippen LogP contribution in [0.15, 0.2) is 40.0 Å². The maximum Gasteiger partial charge on any atom is 0.283 e. The normalized spacial score (nSPS) is 12.0. The summed E-state index contributed by atoms with van der Waals surface area (Å²) in [6.45, 7) is 5.17. The highest BCUT2D eigenvalue weighted by atomic mass is 79.9. The number of carbonyl (C=O) groups is 1. The van der Waals surface area contributed by atoms with Crippen LogP contribution in [-0.2, 0) is 17.8 Å². The molecule has 152 valence electrons. The molecule has 2 rings (SSSR count). The number of hydrogen-bond acceptors (Lipinski definition) is 5. The van der Waals surface area contributed by atoms with Crippen molar-refractivity contribution in [3.05, 3.63) is 51.1 Å². The molecule has 0 saturated carbocycles. The number of pyridine rings is 1. The summed E-state index contributed by atoms with van der Waals surface area (Å²) in [4.78, 5) is 28.7. The van der Waals surface area contributed by atoms with Gasteiger partial charge in [-0.3, -0.25) is 14.6 Å². The highest BCUT2D eigenvalue weighted by Crippen LogP contribution is 2.19. The molecule has 0 aliphatic rings. The fraction of sp³-hybridized carbons (Fsp3) is 0.524. The van der Waals surface area contributed by atoms with Crippen molar-refractivity contribution in [3.8, 4) is 0 Å². The number of aromatic nitrogens is 3. The summed E-state index contributed by atoms with van der Waals surface area (Å²) in [5.74, 6) is 0.550. The van der Waals surface area contributed by atoms with Gasteiger partial charge < -0.3 is 5.32 Å². The van der Waals surface area contributed by atoms with Crippen molar-refractivity contribution in [1.82, 2.24) is 14.8 Å². The summed E-state index contributed by atoms with van der Waals surface area (Å²) in [7, 11) is 0. The van der Waals surface area contributed by atoms with E-state index >= 15 is 0 Å². The third-order valence-electron chi connectivity index (χ3n) is 4.88. The number of halogens is 1. The van der Waals surface area contributed by atoms with Crippen LogP contribution in [0.5, 0.6) is 0 Å². The van der Waals surface area contributed by atoms with Gasteiger partial charge in [-0.05, 0) is 52.4 Å². The Hall–Kier alpha value is -2.02. The zero-order chi connectivity index (χ0) is 20.4. The summed E-state index contributed by atoms with van der Waals surface area (Å²) in [5, 5.41) is 7.51. The molecule has 0 bridgehead atoms. The van der Waals surface area contributed by atoms with Crippen molar-refractivity contribution in [3.63, 3.8) is 0 Å². The Morgan fingerprint density at radius 2 is 2.04 bits per heavy atom. The number of ketones is 1. The molecule has 1 unspecified atom stereocenters. The maximum absolute atomic E-state index is 12.5. The number of nitrogens with zero attached hydrogens (tertiary/aromatic N) is 3. The molecule has 0 radical (unpaired) electrons. The van der Waals surface area contributed by atoms with E-state index in [0.29, 0.717) is 28.9 Å². The molecule has 2 aromatic heterocycles. The van der Waals surface area contributed by atoms with E-state index in [1.54, 1.807) is 18.6 Å². The van der Waals surface area contributed by atoms with Crippen LogP contribution in [0.3, 0.4) is 0 Å². The SMILES string of the molecule is CCCCC(CC)CNc1cnn(CC(=O)CCc2ccncc2)c(=O)c1Br. The average molecular weight is 449 g/mol. The Kier molecular flexibility index (Phi) is 9.34. The van der Waals surface area contributed by atoms with E-state index in [1.807, 2.05) is 12.1 Å². The molecule has 0 spiro atoms. The monoisotopic (exact) mass is 448 g/mol. The van der Waals surface area contributed by atoms with Crippen molar-refractivity contribution in [2.45, 2.75) is 58.9 Å². The van der Waals surface area contributed by atoms with E-state index in [2.05, 4.69) is 45.2 Å². The summed E-state index contributed by atoms with van der Waals surface area (Å²) in [5.41, 5.74) is 1.45. The second-order valence-electron chi connectivity index (χ2n) is 7.03. The van der Waals surface area contributed by atoms with Gasteiger partial charge in [0.25, 0.3) is 5.56 Å². The minimum atomic E-state index is -0.288. The van der Waals surface area contributed by atoms with Gasteiger partial charge in [-0.25, -0.2) is 4.68 Å². The number of nitrogens with one attached hydrogen (secondary N) is 1. The van der Waals surface area contributed by atoms with E-state index in [4.69, 9.17) is 0 Å². The van der Waals surface area contributed by atoms with E-state index < -0.39 is 0 Å². The molecule has 2 heterocycles. The molecule has 0 aromatic carbocycles. The predicted octanol–water partition coefficient (Wildman–Crippen LogP) is 4.23. The zero-order valence-corrected chi connectivity index (χ0v) is 18.2. The van der Waals surface area contributed by atoms with E-state index in [1.165, 1.54) is 23.9 Å². The molecule has 0 amide bonds. The molecule has 0 saturated heterocycles. The molecule has 0 fully saturated rings. The van der Waals surface area contributed by atoms with Gasteiger partial charge in [0.2, 0.25) is 0 Å². The zero-order valence-electron chi connectivity index (χ0n) is 16.7. The summed E-state index contributed by atoms with van der Waals surface area (Å²) < 4.78 is 1.65. The number of carbonyl (C=O) groups excluding carboxylic acids is 1. The molecule has 1 atom stereocenters. The fourth-order valence-corrected chi connectivity index (χ4v) is 3.43. The van der Waals surface area contributed by atoms with Crippen LogP contribution in [0.25, 0.3) is 0 Å². The molecule has 2 aromatic rings. The van der Waals surface area contributed by atoms with Crippen molar-refractivity contribution >= 4 is 27.4 Å². The lowest BCUT2D eigenvalue weighted by Crippen LogP contribution is -2.28. The number of unbranched alkanes of at least 4 members (excludes halogenated alkanes) is 1. The molecule has 0 aliphatic heterocycles. The van der Waals surface area contributed by atoms with Gasteiger partial charge in [0.05, 0.1) is 11.9 Å². The van der Waals surface area contributed by atoms with Crippen molar-refractivity contribution in [1.29, 1.82) is 0 Å². The van der Waals surface area contributed by atoms with E-state index in [0.717, 1.165) is 18.5 Å². The Morgan fingerprint density at radius 3 is 2.71 bits per heavy atom. The van der Waals surface area contributed by atoms with Gasteiger partial charge in [-0.15, -0.1) is 0 Å². The van der Waals surface area contributed by atoms with Crippen molar-refractivity contribution in [2.24, 2.45) is 5.92 Å². The standard InChI is InChI=1S/C21H29BrN4O2/c1-3-5-6-16(4-2)13-24-19-14-25-26(21(28)20(19)22)15-18(27)8-7-17-9-11-23-12-10-17/h9-12,14,16,24H,3-8,13,15H2,1-2H3. The van der Waals surface area contributed by atoms with Gasteiger partial charge in [0.1, 0.15) is 11.0 Å². The van der Waals surface area contributed by atoms with Crippen molar-refractivity contribution < 1.29 is 4.79 Å². The third-order valence-corrected chi connectivity index (χ3v) is 5.64. The highest BCUT2D eigenvalue weighted by molar-refractivity contribution is 9.10. The van der Waals surface area contributed by atoms with Crippen LogP contribution in [-0.4, -0.2) is 27.1 Å². The number of aryl methyl sites for hydroxylation is 1. The van der Waals surface area contributed by atoms with Crippen LogP contribution in [0.1, 0.15) is 51.5 Å². The van der Waals surface area contributed by atoms with Crippen molar-refractivity contribution in [2.75, 3.05) is 11.9 Å². The Balaban J connectivity index is 1.93. The molecular weight excluding hydrogens is 420 g/mol. The van der Waals surface area contributed by atoms with Crippen LogP contribution in [0, 0.1) is 5.92 Å². The second kappa shape index (κ2) is 11.7. The molecular formula is C21H29BrN4O2. The third kappa shape index (κ3) is 6.86.